The molecule has 0 atom stereocenters. The molecule has 1 aliphatic heterocycles. The Hall–Kier alpha value is -4.07. The average Bonchev–Trinajstić information content (AvgIpc) is 3.42. The third kappa shape index (κ3) is 6.06. The Labute approximate surface area is 238 Å². The molecule has 0 radical (unpaired) electrons. The smallest absolute Gasteiger partial charge is 0.227 e. The van der Waals surface area contributed by atoms with Crippen LogP contribution in [0.15, 0.2) is 67.3 Å². The van der Waals surface area contributed by atoms with Gasteiger partial charge in [-0.3, -0.25) is 0 Å². The van der Waals surface area contributed by atoms with Gasteiger partial charge < -0.3 is 24.4 Å². The van der Waals surface area contributed by atoms with Crippen LogP contribution in [0, 0.1) is 6.92 Å². The van der Waals surface area contributed by atoms with Gasteiger partial charge in [0.2, 0.25) is 5.95 Å². The van der Waals surface area contributed by atoms with E-state index in [1.165, 1.54) is 16.8 Å². The number of rotatable bonds is 7. The Morgan fingerprint density at radius 1 is 1.00 bits per heavy atom. The van der Waals surface area contributed by atoms with Crippen molar-refractivity contribution in [2.75, 3.05) is 41.9 Å². The second-order valence-corrected chi connectivity index (χ2v) is 12.3. The minimum absolute atomic E-state index is 0.0582. The van der Waals surface area contributed by atoms with Crippen LogP contribution in [0.1, 0.15) is 51.4 Å². The molecular formula is C32H41N7O. The molecule has 0 amide bonds. The summed E-state index contributed by atoms with van der Waals surface area (Å²) < 4.78 is 7.40. The van der Waals surface area contributed by atoms with Crippen LogP contribution in [0.5, 0.6) is 5.75 Å². The fraction of sp³-hybridized carbons (Fsp3) is 0.406. The first kappa shape index (κ1) is 27.5. The summed E-state index contributed by atoms with van der Waals surface area (Å²) >= 11 is 0. The third-order valence-electron chi connectivity index (χ3n) is 7.61. The number of hydrogen-bond donors (Lipinski definition) is 1. The van der Waals surface area contributed by atoms with Crippen molar-refractivity contribution < 1.29 is 4.74 Å². The van der Waals surface area contributed by atoms with Crippen molar-refractivity contribution >= 4 is 23.1 Å². The summed E-state index contributed by atoms with van der Waals surface area (Å²) in [4.78, 5) is 19.1. The maximum Gasteiger partial charge on any atom is 0.227 e. The first-order chi connectivity index (χ1) is 19.0. The van der Waals surface area contributed by atoms with Crippen LogP contribution in [0.25, 0.3) is 0 Å². The summed E-state index contributed by atoms with van der Waals surface area (Å²) in [5.74, 6) is 2.41. The number of ether oxygens (including phenoxy) is 1. The molecule has 8 heteroatoms. The predicted octanol–water partition coefficient (Wildman–Crippen LogP) is 6.18. The lowest BCUT2D eigenvalue weighted by Crippen LogP contribution is -2.60. The SMILES string of the molecule is COc1ccc(N2CCN(c3nc(Cn4ccnc4)cc(Nc4cc(C(C)(C)C)ccc4C)n3)CC2(C)C)cc1. The Morgan fingerprint density at radius 3 is 2.42 bits per heavy atom. The summed E-state index contributed by atoms with van der Waals surface area (Å²) in [6, 6.07) is 17.0. The van der Waals surface area contributed by atoms with Crippen molar-refractivity contribution in [2.45, 2.75) is 59.0 Å². The third-order valence-corrected chi connectivity index (χ3v) is 7.61. The molecule has 40 heavy (non-hydrogen) atoms. The van der Waals surface area contributed by atoms with Gasteiger partial charge in [0, 0.05) is 49.5 Å². The van der Waals surface area contributed by atoms with E-state index in [4.69, 9.17) is 14.7 Å². The molecule has 1 fully saturated rings. The van der Waals surface area contributed by atoms with Gasteiger partial charge in [-0.15, -0.1) is 0 Å². The average molecular weight is 540 g/mol. The van der Waals surface area contributed by atoms with E-state index in [0.29, 0.717) is 6.54 Å². The van der Waals surface area contributed by atoms with Crippen LogP contribution < -0.4 is 19.9 Å². The van der Waals surface area contributed by atoms with Gasteiger partial charge in [-0.1, -0.05) is 32.9 Å². The summed E-state index contributed by atoms with van der Waals surface area (Å²) in [6.45, 7) is 16.5. The van der Waals surface area contributed by atoms with Gasteiger partial charge in [0.25, 0.3) is 0 Å². The number of methoxy groups -OCH3 is 1. The van der Waals surface area contributed by atoms with E-state index in [1.54, 1.807) is 13.3 Å². The molecule has 8 nitrogen and oxygen atoms in total. The van der Waals surface area contributed by atoms with E-state index in [0.717, 1.165) is 48.5 Å². The number of aromatic nitrogens is 4. The van der Waals surface area contributed by atoms with Crippen molar-refractivity contribution in [1.82, 2.24) is 19.5 Å². The van der Waals surface area contributed by atoms with Gasteiger partial charge in [0.15, 0.2) is 0 Å². The van der Waals surface area contributed by atoms with Gasteiger partial charge >= 0.3 is 0 Å². The molecule has 0 unspecified atom stereocenters. The number of hydrogen-bond acceptors (Lipinski definition) is 7. The Morgan fingerprint density at radius 2 is 1.77 bits per heavy atom. The molecule has 0 spiro atoms. The highest BCUT2D eigenvalue weighted by atomic mass is 16.5. The second-order valence-electron chi connectivity index (χ2n) is 12.3. The minimum Gasteiger partial charge on any atom is -0.497 e. The molecule has 0 saturated carbocycles. The lowest BCUT2D eigenvalue weighted by Gasteiger charge is -2.48. The highest BCUT2D eigenvalue weighted by Crippen LogP contribution is 2.32. The van der Waals surface area contributed by atoms with Gasteiger partial charge in [0.1, 0.15) is 11.6 Å². The molecule has 1 N–H and O–H groups in total. The van der Waals surface area contributed by atoms with Crippen LogP contribution in [-0.4, -0.2) is 51.8 Å². The standard InChI is InChI=1S/C32H41N7O/c1-23-8-9-24(31(2,3)4)18-28(23)35-29-19-25(20-37-15-14-33-22-37)34-30(36-29)38-16-17-39(32(5,6)21-38)26-10-12-27(40-7)13-11-26/h8-15,18-19,22H,16-17,20-21H2,1-7H3,(H,34,35,36). The number of aryl methyl sites for hydroxylation is 1. The normalized spacial score (nSPS) is 15.3. The predicted molar refractivity (Wildman–Crippen MR) is 163 cm³/mol. The van der Waals surface area contributed by atoms with E-state index in [1.807, 2.05) is 35.3 Å². The van der Waals surface area contributed by atoms with Crippen LogP contribution in [0.3, 0.4) is 0 Å². The van der Waals surface area contributed by atoms with Crippen LogP contribution in [-0.2, 0) is 12.0 Å². The van der Waals surface area contributed by atoms with Gasteiger partial charge in [-0.2, -0.15) is 4.98 Å². The maximum absolute atomic E-state index is 5.36. The van der Waals surface area contributed by atoms with Crippen molar-refractivity contribution in [2.24, 2.45) is 0 Å². The monoisotopic (exact) mass is 539 g/mol. The quantitative estimate of drug-likeness (QED) is 0.300. The topological polar surface area (TPSA) is 71.3 Å². The number of nitrogens with zero attached hydrogens (tertiary/aromatic N) is 6. The highest BCUT2D eigenvalue weighted by Gasteiger charge is 2.35. The number of anilines is 4. The first-order valence-corrected chi connectivity index (χ1v) is 13.9. The summed E-state index contributed by atoms with van der Waals surface area (Å²) in [5.41, 5.74) is 5.59. The molecular weight excluding hydrogens is 498 g/mol. The molecule has 1 aliphatic rings. The summed E-state index contributed by atoms with van der Waals surface area (Å²) in [6.07, 6.45) is 5.58. The van der Waals surface area contributed by atoms with Crippen molar-refractivity contribution in [3.05, 3.63) is 84.1 Å². The van der Waals surface area contributed by atoms with Crippen molar-refractivity contribution in [1.29, 1.82) is 0 Å². The Kier molecular flexibility index (Phi) is 7.45. The minimum atomic E-state index is -0.123. The second kappa shape index (κ2) is 10.8. The number of imidazole rings is 1. The summed E-state index contributed by atoms with van der Waals surface area (Å²) in [5, 5.41) is 3.63. The number of benzene rings is 2. The molecule has 1 saturated heterocycles. The number of piperazine rings is 1. The molecule has 4 aromatic rings. The lowest BCUT2D eigenvalue weighted by atomic mass is 9.86. The van der Waals surface area contributed by atoms with Gasteiger partial charge in [-0.05, 0) is 67.6 Å². The van der Waals surface area contributed by atoms with Gasteiger partial charge in [0.05, 0.1) is 31.2 Å². The Bertz CT molecular complexity index is 1440. The molecule has 0 aliphatic carbocycles. The molecule has 0 bridgehead atoms. The maximum atomic E-state index is 5.36. The zero-order chi connectivity index (χ0) is 28.5. The number of nitrogens with one attached hydrogen (secondary N) is 1. The van der Waals surface area contributed by atoms with Crippen molar-refractivity contribution in [3.63, 3.8) is 0 Å². The zero-order valence-electron chi connectivity index (χ0n) is 24.8. The largest absolute Gasteiger partial charge is 0.497 e. The van der Waals surface area contributed by atoms with Crippen LogP contribution in [0.2, 0.25) is 0 Å². The Balaban J connectivity index is 1.45. The highest BCUT2D eigenvalue weighted by molar-refractivity contribution is 5.63. The van der Waals surface area contributed by atoms with E-state index >= 15 is 0 Å². The molecule has 2 aromatic carbocycles. The molecule has 210 valence electrons. The van der Waals surface area contributed by atoms with Crippen LogP contribution in [0.4, 0.5) is 23.1 Å². The zero-order valence-corrected chi connectivity index (χ0v) is 24.8. The van der Waals surface area contributed by atoms with E-state index in [-0.39, 0.29) is 11.0 Å². The lowest BCUT2D eigenvalue weighted by molar-refractivity contribution is 0.407. The first-order valence-electron chi connectivity index (χ1n) is 13.9. The molecule has 5 rings (SSSR count). The van der Waals surface area contributed by atoms with E-state index < -0.39 is 0 Å². The van der Waals surface area contributed by atoms with Crippen molar-refractivity contribution in [3.8, 4) is 5.75 Å². The van der Waals surface area contributed by atoms with E-state index in [9.17, 15) is 0 Å². The van der Waals surface area contributed by atoms with Gasteiger partial charge in [-0.25, -0.2) is 9.97 Å². The van der Waals surface area contributed by atoms with Crippen LogP contribution >= 0.6 is 0 Å². The van der Waals surface area contributed by atoms with E-state index in [2.05, 4.69) is 92.0 Å². The molecule has 2 aromatic heterocycles. The fourth-order valence-corrected chi connectivity index (χ4v) is 5.26. The summed E-state index contributed by atoms with van der Waals surface area (Å²) in [7, 11) is 1.70. The fourth-order valence-electron chi connectivity index (χ4n) is 5.26. The molecule has 3 heterocycles.